The number of hydrogen-bond acceptors (Lipinski definition) is 5. The molecule has 0 radical (unpaired) electrons. The lowest BCUT2D eigenvalue weighted by Crippen LogP contribution is -2.17. The first-order valence-corrected chi connectivity index (χ1v) is 9.26. The zero-order chi connectivity index (χ0) is 18.6. The smallest absolute Gasteiger partial charge is 0.225 e. The maximum absolute atomic E-state index is 13.5. The molecule has 0 bridgehead atoms. The minimum atomic E-state index is -0.218. The van der Waals surface area contributed by atoms with E-state index in [1.54, 1.807) is 31.5 Å². The van der Waals surface area contributed by atoms with Crippen molar-refractivity contribution in [3.8, 4) is 11.3 Å². The number of benzene rings is 1. The Balaban J connectivity index is 1.67. The summed E-state index contributed by atoms with van der Waals surface area (Å²) in [6.45, 7) is 1.75. The molecule has 0 spiro atoms. The van der Waals surface area contributed by atoms with Gasteiger partial charge in [-0.2, -0.15) is 4.98 Å². The lowest BCUT2D eigenvalue weighted by Gasteiger charge is -2.15. The zero-order valence-corrected chi connectivity index (χ0v) is 15.2. The summed E-state index contributed by atoms with van der Waals surface area (Å²) < 4.78 is 13.5. The number of nitrogens with one attached hydrogen (secondary N) is 2. The Kier molecular flexibility index (Phi) is 4.96. The second kappa shape index (κ2) is 7.70. The standard InChI is InChI=1S/C21H22FN5/c1-14-12-17(6-7-18(14)22)24-20-13-19(15-8-10-23-11-9-15)26-21(27-20)25-16-4-2-3-5-16/h6-13,16H,2-5H2,1H3,(H2,24,25,26,27). The zero-order valence-electron chi connectivity index (χ0n) is 15.2. The largest absolute Gasteiger partial charge is 0.351 e. The van der Waals surface area contributed by atoms with Crippen LogP contribution in [0.25, 0.3) is 11.3 Å². The Morgan fingerprint density at radius 1 is 1.00 bits per heavy atom. The number of halogens is 1. The normalized spacial score (nSPS) is 14.3. The fourth-order valence-corrected chi connectivity index (χ4v) is 3.37. The number of anilines is 3. The SMILES string of the molecule is Cc1cc(Nc2cc(-c3ccncc3)nc(NC3CCCC3)n2)ccc1F. The third-order valence-electron chi connectivity index (χ3n) is 4.82. The van der Waals surface area contributed by atoms with Crippen molar-refractivity contribution in [1.29, 1.82) is 0 Å². The maximum Gasteiger partial charge on any atom is 0.225 e. The Hall–Kier alpha value is -3.02. The fraction of sp³-hybridized carbons (Fsp3) is 0.286. The quantitative estimate of drug-likeness (QED) is 0.661. The van der Waals surface area contributed by atoms with Crippen molar-refractivity contribution in [3.05, 3.63) is 60.2 Å². The van der Waals surface area contributed by atoms with Crippen LogP contribution in [0, 0.1) is 12.7 Å². The Morgan fingerprint density at radius 3 is 2.52 bits per heavy atom. The second-order valence-corrected chi connectivity index (χ2v) is 6.91. The van der Waals surface area contributed by atoms with E-state index in [1.807, 2.05) is 18.2 Å². The monoisotopic (exact) mass is 363 g/mol. The molecule has 6 heteroatoms. The van der Waals surface area contributed by atoms with Crippen LogP contribution in [0.1, 0.15) is 31.2 Å². The second-order valence-electron chi connectivity index (χ2n) is 6.91. The third kappa shape index (κ3) is 4.22. The predicted octanol–water partition coefficient (Wildman–Crippen LogP) is 5.08. The van der Waals surface area contributed by atoms with Crippen LogP contribution in [0.5, 0.6) is 0 Å². The molecule has 0 saturated heterocycles. The molecule has 0 amide bonds. The number of nitrogens with zero attached hydrogens (tertiary/aromatic N) is 3. The van der Waals surface area contributed by atoms with E-state index in [4.69, 9.17) is 4.98 Å². The van der Waals surface area contributed by atoms with Crippen LogP contribution in [0.3, 0.4) is 0 Å². The Labute approximate surface area is 158 Å². The van der Waals surface area contributed by atoms with Crippen molar-refractivity contribution in [2.24, 2.45) is 0 Å². The highest BCUT2D eigenvalue weighted by molar-refractivity contribution is 5.67. The molecule has 3 aromatic rings. The van der Waals surface area contributed by atoms with E-state index in [2.05, 4.69) is 20.6 Å². The first-order valence-electron chi connectivity index (χ1n) is 9.26. The minimum Gasteiger partial charge on any atom is -0.351 e. The van der Waals surface area contributed by atoms with Crippen LogP contribution in [-0.2, 0) is 0 Å². The Morgan fingerprint density at radius 2 is 1.78 bits per heavy atom. The summed E-state index contributed by atoms with van der Waals surface area (Å²) in [5, 5.41) is 6.73. The van der Waals surface area contributed by atoms with Gasteiger partial charge >= 0.3 is 0 Å². The van der Waals surface area contributed by atoms with Gasteiger partial charge in [-0.15, -0.1) is 0 Å². The average Bonchev–Trinajstić information content (AvgIpc) is 3.18. The molecule has 5 nitrogen and oxygen atoms in total. The van der Waals surface area contributed by atoms with E-state index in [9.17, 15) is 4.39 Å². The third-order valence-corrected chi connectivity index (χ3v) is 4.82. The summed E-state index contributed by atoms with van der Waals surface area (Å²) in [4.78, 5) is 13.4. The summed E-state index contributed by atoms with van der Waals surface area (Å²) in [6, 6.07) is 11.1. The highest BCUT2D eigenvalue weighted by Crippen LogP contribution is 2.26. The van der Waals surface area contributed by atoms with Crippen molar-refractivity contribution >= 4 is 17.5 Å². The lowest BCUT2D eigenvalue weighted by molar-refractivity contribution is 0.619. The van der Waals surface area contributed by atoms with Gasteiger partial charge in [-0.25, -0.2) is 9.37 Å². The van der Waals surface area contributed by atoms with Crippen LogP contribution < -0.4 is 10.6 Å². The summed E-state index contributed by atoms with van der Waals surface area (Å²) in [7, 11) is 0. The van der Waals surface area contributed by atoms with Gasteiger partial charge in [0.1, 0.15) is 11.6 Å². The highest BCUT2D eigenvalue weighted by atomic mass is 19.1. The van der Waals surface area contributed by atoms with Gasteiger partial charge in [0.25, 0.3) is 0 Å². The van der Waals surface area contributed by atoms with E-state index in [0.717, 1.165) is 29.8 Å². The molecule has 1 aromatic carbocycles. The van der Waals surface area contributed by atoms with Crippen molar-refractivity contribution in [1.82, 2.24) is 15.0 Å². The number of aromatic nitrogens is 3. The highest BCUT2D eigenvalue weighted by Gasteiger charge is 2.17. The van der Waals surface area contributed by atoms with E-state index in [1.165, 1.54) is 18.9 Å². The number of rotatable bonds is 5. The van der Waals surface area contributed by atoms with Gasteiger partial charge < -0.3 is 10.6 Å². The summed E-state index contributed by atoms with van der Waals surface area (Å²) in [6.07, 6.45) is 8.25. The fourth-order valence-electron chi connectivity index (χ4n) is 3.37. The van der Waals surface area contributed by atoms with Gasteiger partial charge in [0, 0.05) is 35.8 Å². The molecule has 2 aromatic heterocycles. The molecule has 2 heterocycles. The van der Waals surface area contributed by atoms with Crippen molar-refractivity contribution in [2.45, 2.75) is 38.6 Å². The molecule has 1 saturated carbocycles. The summed E-state index contributed by atoms with van der Waals surface area (Å²) in [5.74, 6) is 1.06. The molecule has 2 N–H and O–H groups in total. The molecule has 4 rings (SSSR count). The summed E-state index contributed by atoms with van der Waals surface area (Å²) in [5.41, 5.74) is 3.17. The summed E-state index contributed by atoms with van der Waals surface area (Å²) >= 11 is 0. The molecular weight excluding hydrogens is 341 g/mol. The van der Waals surface area contributed by atoms with Crippen LogP contribution in [0.2, 0.25) is 0 Å². The number of aryl methyl sites for hydroxylation is 1. The first-order chi connectivity index (χ1) is 13.2. The molecular formula is C21H22FN5. The van der Waals surface area contributed by atoms with E-state index in [0.29, 0.717) is 23.4 Å². The topological polar surface area (TPSA) is 62.7 Å². The molecule has 1 aliphatic rings. The van der Waals surface area contributed by atoms with Crippen LogP contribution in [0.4, 0.5) is 21.8 Å². The van der Waals surface area contributed by atoms with E-state index in [-0.39, 0.29) is 5.82 Å². The molecule has 1 fully saturated rings. The molecule has 0 unspecified atom stereocenters. The molecule has 138 valence electrons. The van der Waals surface area contributed by atoms with Gasteiger partial charge in [-0.1, -0.05) is 12.8 Å². The van der Waals surface area contributed by atoms with Crippen molar-refractivity contribution in [2.75, 3.05) is 10.6 Å². The van der Waals surface area contributed by atoms with E-state index >= 15 is 0 Å². The lowest BCUT2D eigenvalue weighted by atomic mass is 10.2. The molecule has 27 heavy (non-hydrogen) atoms. The first kappa shape index (κ1) is 17.4. The van der Waals surface area contributed by atoms with Gasteiger partial charge in [0.05, 0.1) is 5.69 Å². The molecule has 1 aliphatic carbocycles. The molecule has 0 aliphatic heterocycles. The molecule has 0 atom stereocenters. The van der Waals surface area contributed by atoms with Crippen LogP contribution in [0.15, 0.2) is 48.8 Å². The van der Waals surface area contributed by atoms with Crippen molar-refractivity contribution in [3.63, 3.8) is 0 Å². The van der Waals surface area contributed by atoms with Crippen LogP contribution in [-0.4, -0.2) is 21.0 Å². The van der Waals surface area contributed by atoms with Gasteiger partial charge in [-0.3, -0.25) is 4.98 Å². The van der Waals surface area contributed by atoms with Crippen LogP contribution >= 0.6 is 0 Å². The van der Waals surface area contributed by atoms with E-state index < -0.39 is 0 Å². The predicted molar refractivity (Wildman–Crippen MR) is 106 cm³/mol. The number of hydrogen-bond donors (Lipinski definition) is 2. The maximum atomic E-state index is 13.5. The van der Waals surface area contributed by atoms with Crippen molar-refractivity contribution < 1.29 is 4.39 Å². The minimum absolute atomic E-state index is 0.218. The van der Waals surface area contributed by atoms with Gasteiger partial charge in [0.2, 0.25) is 5.95 Å². The average molecular weight is 363 g/mol. The van der Waals surface area contributed by atoms with Gasteiger partial charge in [-0.05, 0) is 55.7 Å². The number of pyridine rings is 1. The Bertz CT molecular complexity index is 923. The van der Waals surface area contributed by atoms with Gasteiger partial charge in [0.15, 0.2) is 0 Å².